The van der Waals surface area contributed by atoms with E-state index in [9.17, 15) is 0 Å². The molecule has 3 aromatic rings. The van der Waals surface area contributed by atoms with Gasteiger partial charge in [-0.25, -0.2) is 4.98 Å². The number of hydrogen-bond donors (Lipinski definition) is 0. The van der Waals surface area contributed by atoms with Crippen molar-refractivity contribution in [2.24, 2.45) is 0 Å². The van der Waals surface area contributed by atoms with E-state index in [1.165, 1.54) is 5.56 Å². The van der Waals surface area contributed by atoms with Crippen LogP contribution in [0.4, 0.5) is 0 Å². The summed E-state index contributed by atoms with van der Waals surface area (Å²) in [6.07, 6.45) is 5.65. The van der Waals surface area contributed by atoms with Crippen LogP contribution in [0, 0.1) is 6.92 Å². The third-order valence-electron chi connectivity index (χ3n) is 3.29. The molecule has 1 aromatic carbocycles. The Bertz CT molecular complexity index is 750. The van der Waals surface area contributed by atoms with Crippen LogP contribution < -0.4 is 0 Å². The molecule has 0 spiro atoms. The van der Waals surface area contributed by atoms with E-state index < -0.39 is 0 Å². The Morgan fingerprint density at radius 3 is 2.95 bits per heavy atom. The van der Waals surface area contributed by atoms with E-state index >= 15 is 0 Å². The van der Waals surface area contributed by atoms with Gasteiger partial charge in [-0.1, -0.05) is 42.0 Å². The Hall–Kier alpha value is -2.08. The molecular weight excluding hydrogens is 296 g/mol. The predicted molar refractivity (Wildman–Crippen MR) is 86.2 cm³/mol. The van der Waals surface area contributed by atoms with Crippen molar-refractivity contribution in [2.75, 3.05) is 0 Å². The molecule has 3 rings (SSSR count). The third kappa shape index (κ3) is 3.22. The lowest BCUT2D eigenvalue weighted by Gasteiger charge is -2.09. The van der Waals surface area contributed by atoms with Crippen LogP contribution in [0.25, 0.3) is 5.69 Å². The second-order valence-corrected chi connectivity index (χ2v) is 5.95. The maximum Gasteiger partial charge on any atom is 0.237 e. The molecule has 0 saturated carbocycles. The van der Waals surface area contributed by atoms with Crippen LogP contribution in [0.5, 0.6) is 0 Å². The zero-order chi connectivity index (χ0) is 15.4. The van der Waals surface area contributed by atoms with E-state index in [4.69, 9.17) is 4.52 Å². The summed E-state index contributed by atoms with van der Waals surface area (Å²) in [5.74, 6) is 2.05. The van der Waals surface area contributed by atoms with Gasteiger partial charge in [-0.2, -0.15) is 4.98 Å². The highest BCUT2D eigenvalue weighted by Crippen LogP contribution is 2.25. The van der Waals surface area contributed by atoms with Crippen molar-refractivity contribution in [3.05, 3.63) is 53.9 Å². The van der Waals surface area contributed by atoms with Crippen molar-refractivity contribution in [3.63, 3.8) is 0 Å². The number of thioether (sulfide) groups is 1. The Kier molecular flexibility index (Phi) is 4.58. The van der Waals surface area contributed by atoms with Crippen molar-refractivity contribution in [1.29, 1.82) is 0 Å². The number of aryl methyl sites for hydroxylation is 2. The molecule has 0 N–H and O–H groups in total. The number of benzene rings is 1. The highest BCUT2D eigenvalue weighted by molar-refractivity contribution is 7.98. The Balaban J connectivity index is 1.74. The summed E-state index contributed by atoms with van der Waals surface area (Å²) in [6.45, 7) is 4.20. The van der Waals surface area contributed by atoms with Gasteiger partial charge < -0.3 is 4.52 Å². The average Bonchev–Trinajstić information content (AvgIpc) is 3.15. The zero-order valence-corrected chi connectivity index (χ0v) is 13.5. The van der Waals surface area contributed by atoms with E-state index in [1.54, 1.807) is 11.8 Å². The molecule has 0 aliphatic carbocycles. The fourth-order valence-electron chi connectivity index (χ4n) is 2.21. The summed E-state index contributed by atoms with van der Waals surface area (Å²) >= 11 is 1.60. The number of hydrogen-bond acceptors (Lipinski definition) is 5. The van der Waals surface area contributed by atoms with Crippen LogP contribution in [0.3, 0.4) is 0 Å². The van der Waals surface area contributed by atoms with Crippen LogP contribution in [0.1, 0.15) is 30.6 Å². The van der Waals surface area contributed by atoms with Crippen LogP contribution in [0.15, 0.2) is 46.3 Å². The minimum absolute atomic E-state index is 0.625. The lowest BCUT2D eigenvalue weighted by molar-refractivity contribution is 0.384. The molecule has 5 nitrogen and oxygen atoms in total. The second kappa shape index (κ2) is 6.79. The van der Waals surface area contributed by atoms with Crippen LogP contribution in [0.2, 0.25) is 0 Å². The van der Waals surface area contributed by atoms with Gasteiger partial charge in [-0.05, 0) is 25.0 Å². The molecule has 0 aliphatic rings. The normalized spacial score (nSPS) is 11.0. The number of aromatic nitrogens is 4. The van der Waals surface area contributed by atoms with Crippen molar-refractivity contribution >= 4 is 11.8 Å². The van der Waals surface area contributed by atoms with Gasteiger partial charge in [-0.15, -0.1) is 0 Å². The Morgan fingerprint density at radius 1 is 1.27 bits per heavy atom. The van der Waals surface area contributed by atoms with Gasteiger partial charge in [0.05, 0.1) is 11.4 Å². The molecule has 0 amide bonds. The highest BCUT2D eigenvalue weighted by Gasteiger charge is 2.11. The number of imidazole rings is 1. The largest absolute Gasteiger partial charge is 0.338 e. The molecule has 2 aromatic heterocycles. The van der Waals surface area contributed by atoms with Gasteiger partial charge in [-0.3, -0.25) is 4.57 Å². The molecule has 0 saturated heterocycles. The van der Waals surface area contributed by atoms with Crippen molar-refractivity contribution in [2.45, 2.75) is 37.6 Å². The maximum atomic E-state index is 5.27. The molecule has 0 bridgehead atoms. The molecule has 0 aliphatic heterocycles. The first-order valence-corrected chi connectivity index (χ1v) is 8.30. The van der Waals surface area contributed by atoms with Crippen molar-refractivity contribution in [3.8, 4) is 5.69 Å². The molecule has 2 heterocycles. The standard InChI is InChI=1S/C16H18N4OS/c1-3-6-14-18-15(21-19-14)11-22-16-17-9-10-20(16)13-8-5-4-7-12(13)2/h4-5,7-10H,3,6,11H2,1-2H3. The van der Waals surface area contributed by atoms with E-state index in [1.807, 2.05) is 24.5 Å². The van der Waals surface area contributed by atoms with E-state index in [-0.39, 0.29) is 0 Å². The molecule has 0 atom stereocenters. The Morgan fingerprint density at radius 2 is 2.14 bits per heavy atom. The second-order valence-electron chi connectivity index (χ2n) is 5.01. The Labute approximate surface area is 133 Å². The van der Waals surface area contributed by atoms with Gasteiger partial charge in [0, 0.05) is 18.8 Å². The first-order valence-electron chi connectivity index (χ1n) is 7.31. The smallest absolute Gasteiger partial charge is 0.237 e. The molecule has 0 fully saturated rings. The highest BCUT2D eigenvalue weighted by atomic mass is 32.2. The van der Waals surface area contributed by atoms with E-state index in [0.717, 1.165) is 29.5 Å². The minimum Gasteiger partial charge on any atom is -0.338 e. The first kappa shape index (κ1) is 14.8. The van der Waals surface area contributed by atoms with Crippen molar-refractivity contribution < 1.29 is 4.52 Å². The van der Waals surface area contributed by atoms with Gasteiger partial charge >= 0.3 is 0 Å². The fourth-order valence-corrected chi connectivity index (χ4v) is 3.02. The molecule has 0 radical (unpaired) electrons. The molecule has 6 heteroatoms. The quantitative estimate of drug-likeness (QED) is 0.648. The monoisotopic (exact) mass is 314 g/mol. The summed E-state index contributed by atoms with van der Waals surface area (Å²) in [5, 5.41) is 4.89. The van der Waals surface area contributed by atoms with Crippen molar-refractivity contribution in [1.82, 2.24) is 19.7 Å². The lowest BCUT2D eigenvalue weighted by Crippen LogP contribution is -1.97. The van der Waals surface area contributed by atoms with Gasteiger partial charge in [0.1, 0.15) is 0 Å². The predicted octanol–water partition coefficient (Wildman–Crippen LogP) is 3.81. The van der Waals surface area contributed by atoms with Gasteiger partial charge in [0.15, 0.2) is 11.0 Å². The number of nitrogens with zero attached hydrogens (tertiary/aromatic N) is 4. The fraction of sp³-hybridized carbons (Fsp3) is 0.312. The summed E-state index contributed by atoms with van der Waals surface area (Å²) in [7, 11) is 0. The first-order chi connectivity index (χ1) is 10.8. The SMILES string of the molecule is CCCc1noc(CSc2nccn2-c2ccccc2C)n1. The molecular formula is C16H18N4OS. The molecule has 114 valence electrons. The van der Waals surface area contributed by atoms with E-state index in [0.29, 0.717) is 11.6 Å². The minimum atomic E-state index is 0.625. The number of rotatable bonds is 6. The summed E-state index contributed by atoms with van der Waals surface area (Å²) < 4.78 is 7.35. The lowest BCUT2D eigenvalue weighted by atomic mass is 10.2. The summed E-state index contributed by atoms with van der Waals surface area (Å²) in [5.41, 5.74) is 2.35. The van der Waals surface area contributed by atoms with Gasteiger partial charge in [0.2, 0.25) is 5.89 Å². The van der Waals surface area contributed by atoms with E-state index in [2.05, 4.69) is 45.7 Å². The van der Waals surface area contributed by atoms with Crippen LogP contribution >= 0.6 is 11.8 Å². The maximum absolute atomic E-state index is 5.27. The van der Waals surface area contributed by atoms with Crippen LogP contribution in [-0.2, 0) is 12.2 Å². The van der Waals surface area contributed by atoms with Gasteiger partial charge in [0.25, 0.3) is 0 Å². The topological polar surface area (TPSA) is 56.7 Å². The average molecular weight is 314 g/mol. The summed E-state index contributed by atoms with van der Waals surface area (Å²) in [6, 6.07) is 8.26. The molecule has 0 unspecified atom stereocenters. The summed E-state index contributed by atoms with van der Waals surface area (Å²) in [4.78, 5) is 8.81. The molecule has 22 heavy (non-hydrogen) atoms. The van der Waals surface area contributed by atoms with Crippen LogP contribution in [-0.4, -0.2) is 19.7 Å². The number of para-hydroxylation sites is 1. The third-order valence-corrected chi connectivity index (χ3v) is 4.24. The zero-order valence-electron chi connectivity index (χ0n) is 12.7.